The van der Waals surface area contributed by atoms with Crippen LogP contribution in [0.25, 0.3) is 0 Å². The number of hydrogen-bond acceptors (Lipinski definition) is 6. The average molecular weight is 386 g/mol. The van der Waals surface area contributed by atoms with Crippen LogP contribution in [0.4, 0.5) is 0 Å². The zero-order valence-electron chi connectivity index (χ0n) is 16.5. The maximum absolute atomic E-state index is 6.53. The third-order valence-electron chi connectivity index (χ3n) is 6.33. The molecule has 0 amide bonds. The van der Waals surface area contributed by atoms with Crippen LogP contribution in [0.15, 0.2) is 43.2 Å². The van der Waals surface area contributed by atoms with Crippen LogP contribution >= 0.6 is 0 Å². The number of hydrazine groups is 1. The second kappa shape index (κ2) is 7.96. The van der Waals surface area contributed by atoms with E-state index in [2.05, 4.69) is 65.1 Å². The molecule has 5 heterocycles. The monoisotopic (exact) mass is 385 g/mol. The third kappa shape index (κ3) is 3.00. The van der Waals surface area contributed by atoms with Crippen LogP contribution in [0.5, 0.6) is 0 Å². The predicted octanol–water partition coefficient (Wildman–Crippen LogP) is 1.13. The maximum Gasteiger partial charge on any atom is 0.215 e. The Morgan fingerprint density at radius 2 is 1.71 bits per heavy atom. The molecule has 3 aliphatic heterocycles. The molecule has 8 heteroatoms. The summed E-state index contributed by atoms with van der Waals surface area (Å²) >= 11 is 0. The highest BCUT2D eigenvalue weighted by atomic mass is 16.5. The van der Waals surface area contributed by atoms with E-state index in [0.29, 0.717) is 0 Å². The van der Waals surface area contributed by atoms with Gasteiger partial charge >= 0.3 is 0 Å². The normalized spacial score (nSPS) is 31.2. The number of likely N-dealkylation sites (tertiary alicyclic amines) is 1. The van der Waals surface area contributed by atoms with Crippen LogP contribution in [0, 0.1) is 0 Å². The van der Waals surface area contributed by atoms with E-state index in [4.69, 9.17) is 4.74 Å². The summed E-state index contributed by atoms with van der Waals surface area (Å²) in [7, 11) is 0. The van der Waals surface area contributed by atoms with Gasteiger partial charge in [0.05, 0.1) is 12.9 Å². The Kier molecular flexibility index (Phi) is 5.21. The van der Waals surface area contributed by atoms with Crippen molar-refractivity contribution in [3.63, 3.8) is 0 Å². The molecule has 0 bridgehead atoms. The number of aromatic nitrogens is 3. The molecule has 8 nitrogen and oxygen atoms in total. The highest BCUT2D eigenvalue weighted by molar-refractivity contribution is 5.02. The molecule has 0 radical (unpaired) electrons. The molecule has 2 aromatic heterocycles. The molecule has 3 aliphatic rings. The van der Waals surface area contributed by atoms with Crippen molar-refractivity contribution in [1.29, 1.82) is 0 Å². The molecule has 2 aromatic rings. The molecule has 3 saturated heterocycles. The van der Waals surface area contributed by atoms with E-state index in [-0.39, 0.29) is 6.23 Å². The lowest BCUT2D eigenvalue weighted by Gasteiger charge is -2.60. The molecule has 2 unspecified atom stereocenters. The first-order valence-corrected chi connectivity index (χ1v) is 10.6. The first-order chi connectivity index (χ1) is 13.9. The smallest absolute Gasteiger partial charge is 0.215 e. The van der Waals surface area contributed by atoms with E-state index < -0.39 is 5.79 Å². The van der Waals surface area contributed by atoms with Gasteiger partial charge in [0.2, 0.25) is 5.79 Å². The Labute approximate surface area is 166 Å². The Balaban J connectivity index is 1.66. The zero-order valence-corrected chi connectivity index (χ0v) is 16.5. The van der Waals surface area contributed by atoms with Crippen molar-refractivity contribution in [3.05, 3.63) is 43.2 Å². The summed E-state index contributed by atoms with van der Waals surface area (Å²) in [5, 5.41) is 8.61. The Bertz CT molecular complexity index is 722. The van der Waals surface area contributed by atoms with Crippen molar-refractivity contribution >= 4 is 0 Å². The number of piperidine rings is 1. The van der Waals surface area contributed by atoms with Crippen LogP contribution in [-0.2, 0) is 10.5 Å². The van der Waals surface area contributed by atoms with Crippen LogP contribution in [0.2, 0.25) is 0 Å². The lowest BCUT2D eigenvalue weighted by atomic mass is 10.1. The standard InChI is InChI=1S/C20H31N7O/c1-2-11-24(12-3-1)20(25-13-6-22-18-25)19(23-9-4-5-10-23)28-17-16-27(20)26-14-7-21-8-15-26/h4-6,9-10,13,18-19,21H,1-3,7-8,11-12,14-17H2. The van der Waals surface area contributed by atoms with E-state index in [0.717, 1.165) is 52.4 Å². The molecule has 0 saturated carbocycles. The summed E-state index contributed by atoms with van der Waals surface area (Å²) in [5.41, 5.74) is 0. The van der Waals surface area contributed by atoms with Gasteiger partial charge in [0.1, 0.15) is 0 Å². The van der Waals surface area contributed by atoms with E-state index in [9.17, 15) is 0 Å². The maximum atomic E-state index is 6.53. The van der Waals surface area contributed by atoms with E-state index in [1.807, 2.05) is 12.5 Å². The molecule has 152 valence electrons. The highest BCUT2D eigenvalue weighted by Gasteiger charge is 2.56. The van der Waals surface area contributed by atoms with Crippen molar-refractivity contribution in [2.45, 2.75) is 31.3 Å². The second-order valence-electron chi connectivity index (χ2n) is 7.89. The first kappa shape index (κ1) is 18.3. The summed E-state index contributed by atoms with van der Waals surface area (Å²) in [6.07, 6.45) is 13.8. The van der Waals surface area contributed by atoms with Crippen LogP contribution in [0.1, 0.15) is 25.5 Å². The van der Waals surface area contributed by atoms with Crippen molar-refractivity contribution in [3.8, 4) is 0 Å². The fourth-order valence-corrected chi connectivity index (χ4v) is 5.11. The van der Waals surface area contributed by atoms with Gasteiger partial charge in [-0.25, -0.2) is 9.99 Å². The van der Waals surface area contributed by atoms with Gasteiger partial charge in [0, 0.05) is 70.6 Å². The molecule has 3 fully saturated rings. The zero-order chi connectivity index (χ0) is 18.8. The van der Waals surface area contributed by atoms with Crippen molar-refractivity contribution in [2.75, 3.05) is 52.4 Å². The summed E-state index contributed by atoms with van der Waals surface area (Å²) < 4.78 is 11.0. The molecule has 0 spiro atoms. The van der Waals surface area contributed by atoms with Gasteiger partial charge in [-0.15, -0.1) is 0 Å². The first-order valence-electron chi connectivity index (χ1n) is 10.6. The number of rotatable bonds is 4. The molecule has 5 rings (SSSR count). The number of morpholine rings is 1. The fourth-order valence-electron chi connectivity index (χ4n) is 5.11. The number of piperazine rings is 1. The van der Waals surface area contributed by atoms with Gasteiger partial charge < -0.3 is 19.2 Å². The minimum atomic E-state index is -0.453. The Morgan fingerprint density at radius 1 is 0.929 bits per heavy atom. The lowest BCUT2D eigenvalue weighted by Crippen LogP contribution is -2.74. The Hall–Kier alpha value is -1.71. The van der Waals surface area contributed by atoms with Gasteiger partial charge in [-0.1, -0.05) is 6.42 Å². The van der Waals surface area contributed by atoms with Gasteiger partial charge in [-0.05, 0) is 25.0 Å². The summed E-state index contributed by atoms with van der Waals surface area (Å²) in [4.78, 5) is 7.08. The van der Waals surface area contributed by atoms with E-state index in [1.54, 1.807) is 0 Å². The minimum absolute atomic E-state index is 0.140. The van der Waals surface area contributed by atoms with Gasteiger partial charge in [0.15, 0.2) is 6.23 Å². The largest absolute Gasteiger partial charge is 0.351 e. The quantitative estimate of drug-likeness (QED) is 0.852. The second-order valence-corrected chi connectivity index (χ2v) is 7.89. The number of hydrogen-bond donors (Lipinski definition) is 1. The van der Waals surface area contributed by atoms with E-state index >= 15 is 0 Å². The molecule has 0 aromatic carbocycles. The molecular formula is C20H31N7O. The van der Waals surface area contributed by atoms with Gasteiger partial charge in [-0.3, -0.25) is 4.90 Å². The highest BCUT2D eigenvalue weighted by Crippen LogP contribution is 2.43. The van der Waals surface area contributed by atoms with Gasteiger partial charge in [-0.2, -0.15) is 5.01 Å². The lowest BCUT2D eigenvalue weighted by molar-refractivity contribution is -0.331. The Morgan fingerprint density at radius 3 is 2.43 bits per heavy atom. The predicted molar refractivity (Wildman–Crippen MR) is 106 cm³/mol. The molecular weight excluding hydrogens is 354 g/mol. The minimum Gasteiger partial charge on any atom is -0.351 e. The number of imidazole rings is 1. The van der Waals surface area contributed by atoms with Crippen LogP contribution < -0.4 is 5.32 Å². The summed E-state index contributed by atoms with van der Waals surface area (Å²) in [6.45, 7) is 7.82. The molecule has 1 N–H and O–H groups in total. The molecule has 28 heavy (non-hydrogen) atoms. The van der Waals surface area contributed by atoms with Crippen molar-refractivity contribution in [1.82, 2.24) is 34.4 Å². The van der Waals surface area contributed by atoms with Crippen molar-refractivity contribution < 1.29 is 4.74 Å². The van der Waals surface area contributed by atoms with Crippen molar-refractivity contribution in [2.24, 2.45) is 0 Å². The summed E-state index contributed by atoms with van der Waals surface area (Å²) in [5.74, 6) is -0.453. The molecule has 0 aliphatic carbocycles. The average Bonchev–Trinajstić information content (AvgIpc) is 3.49. The number of nitrogens with one attached hydrogen (secondary N) is 1. The number of ether oxygens (including phenoxy) is 1. The van der Waals surface area contributed by atoms with E-state index in [1.165, 1.54) is 19.3 Å². The summed E-state index contributed by atoms with van der Waals surface area (Å²) in [6, 6.07) is 4.17. The van der Waals surface area contributed by atoms with Crippen LogP contribution in [0.3, 0.4) is 0 Å². The SMILES string of the molecule is c1ccn(C2OCCN(N3CCNCC3)C2(N2CCCCC2)n2ccnc2)c1. The third-order valence-corrected chi connectivity index (χ3v) is 6.33. The van der Waals surface area contributed by atoms with Crippen LogP contribution in [-0.4, -0.2) is 81.5 Å². The molecule has 2 atom stereocenters. The number of nitrogens with zero attached hydrogens (tertiary/aromatic N) is 6. The van der Waals surface area contributed by atoms with Gasteiger partial charge in [0.25, 0.3) is 0 Å². The fraction of sp³-hybridized carbons (Fsp3) is 0.650. The topological polar surface area (TPSA) is 53.7 Å².